The van der Waals surface area contributed by atoms with Gasteiger partial charge < -0.3 is 10.4 Å². The lowest BCUT2D eigenvalue weighted by Gasteiger charge is -2.26. The molecular weight excluding hydrogens is 304 g/mol. The number of para-hydroxylation sites is 1. The first-order valence-corrected chi connectivity index (χ1v) is 7.38. The number of hydrogen-bond acceptors (Lipinski definition) is 3. The Hall–Kier alpha value is -1.13. The molecule has 0 spiro atoms. The number of nitrogens with one attached hydrogen (secondary N) is 1. The van der Waals surface area contributed by atoms with Crippen LogP contribution in [0.4, 0.5) is 5.69 Å². The standard InChI is InChI=1S/C15H19BrN2O/c1-3-15(19,4-2)10-18-13-7-5-6-11-8-12(16)9-17-14(11)13/h5-9,18-19H,3-4,10H2,1-2H3. The quantitative estimate of drug-likeness (QED) is 0.875. The maximum atomic E-state index is 10.3. The highest BCUT2D eigenvalue weighted by molar-refractivity contribution is 9.10. The molecule has 4 heteroatoms. The van der Waals surface area contributed by atoms with Crippen LogP contribution in [0.25, 0.3) is 10.9 Å². The number of pyridine rings is 1. The molecule has 0 fully saturated rings. The summed E-state index contributed by atoms with van der Waals surface area (Å²) in [5, 5.41) is 14.7. The summed E-state index contributed by atoms with van der Waals surface area (Å²) in [6.45, 7) is 4.55. The van der Waals surface area contributed by atoms with Gasteiger partial charge in [0.25, 0.3) is 0 Å². The maximum Gasteiger partial charge on any atom is 0.0934 e. The van der Waals surface area contributed by atoms with Gasteiger partial charge in [0.2, 0.25) is 0 Å². The van der Waals surface area contributed by atoms with Crippen molar-refractivity contribution in [3.8, 4) is 0 Å². The van der Waals surface area contributed by atoms with Gasteiger partial charge in [-0.15, -0.1) is 0 Å². The van der Waals surface area contributed by atoms with E-state index in [1.54, 1.807) is 6.20 Å². The number of fused-ring (bicyclic) bond motifs is 1. The molecule has 0 aliphatic heterocycles. The fourth-order valence-corrected chi connectivity index (χ4v) is 2.39. The van der Waals surface area contributed by atoms with Crippen molar-refractivity contribution in [2.75, 3.05) is 11.9 Å². The van der Waals surface area contributed by atoms with E-state index in [2.05, 4.69) is 26.2 Å². The Balaban J connectivity index is 2.26. The van der Waals surface area contributed by atoms with Crippen molar-refractivity contribution < 1.29 is 5.11 Å². The van der Waals surface area contributed by atoms with E-state index < -0.39 is 5.60 Å². The number of nitrogens with zero attached hydrogens (tertiary/aromatic N) is 1. The van der Waals surface area contributed by atoms with Crippen LogP contribution < -0.4 is 5.32 Å². The van der Waals surface area contributed by atoms with Crippen molar-refractivity contribution in [1.29, 1.82) is 0 Å². The van der Waals surface area contributed by atoms with Crippen molar-refractivity contribution in [2.45, 2.75) is 32.3 Å². The Morgan fingerprint density at radius 3 is 2.74 bits per heavy atom. The van der Waals surface area contributed by atoms with E-state index in [0.717, 1.165) is 33.9 Å². The second-order valence-electron chi connectivity index (χ2n) is 4.82. The highest BCUT2D eigenvalue weighted by Crippen LogP contribution is 2.25. The third-order valence-corrected chi connectivity index (χ3v) is 4.04. The average molecular weight is 323 g/mol. The normalized spacial score (nSPS) is 11.8. The summed E-state index contributed by atoms with van der Waals surface area (Å²) < 4.78 is 0.968. The molecule has 1 heterocycles. The molecule has 0 bridgehead atoms. The second-order valence-corrected chi connectivity index (χ2v) is 5.73. The average Bonchev–Trinajstić information content (AvgIpc) is 2.44. The maximum absolute atomic E-state index is 10.3. The van der Waals surface area contributed by atoms with Crippen LogP contribution in [0, 0.1) is 0 Å². The van der Waals surface area contributed by atoms with E-state index in [4.69, 9.17) is 0 Å². The van der Waals surface area contributed by atoms with Gasteiger partial charge in [-0.05, 0) is 40.9 Å². The van der Waals surface area contributed by atoms with Crippen molar-refractivity contribution in [3.05, 3.63) is 34.9 Å². The molecular formula is C15H19BrN2O. The minimum absolute atomic E-state index is 0.539. The summed E-state index contributed by atoms with van der Waals surface area (Å²) in [4.78, 5) is 4.44. The summed E-state index contributed by atoms with van der Waals surface area (Å²) in [6.07, 6.45) is 3.26. The van der Waals surface area contributed by atoms with Crippen molar-refractivity contribution in [1.82, 2.24) is 4.98 Å². The fourth-order valence-electron chi connectivity index (χ4n) is 2.04. The Bertz CT molecular complexity index is 567. The van der Waals surface area contributed by atoms with Crippen molar-refractivity contribution >= 4 is 32.5 Å². The molecule has 2 rings (SSSR count). The lowest BCUT2D eigenvalue weighted by Crippen LogP contribution is -2.35. The first-order chi connectivity index (χ1) is 9.08. The summed E-state index contributed by atoms with van der Waals surface area (Å²) >= 11 is 3.43. The Morgan fingerprint density at radius 1 is 1.32 bits per heavy atom. The van der Waals surface area contributed by atoms with E-state index in [0.29, 0.717) is 6.54 Å². The van der Waals surface area contributed by atoms with Gasteiger partial charge in [0.05, 0.1) is 16.8 Å². The van der Waals surface area contributed by atoms with Gasteiger partial charge >= 0.3 is 0 Å². The molecule has 0 aliphatic rings. The number of hydrogen-bond donors (Lipinski definition) is 2. The molecule has 0 atom stereocenters. The van der Waals surface area contributed by atoms with Gasteiger partial charge in [0, 0.05) is 22.6 Å². The zero-order chi connectivity index (χ0) is 13.9. The predicted molar refractivity (Wildman–Crippen MR) is 83.5 cm³/mol. The smallest absolute Gasteiger partial charge is 0.0934 e. The van der Waals surface area contributed by atoms with Gasteiger partial charge in [-0.3, -0.25) is 4.98 Å². The van der Waals surface area contributed by atoms with E-state index in [9.17, 15) is 5.11 Å². The van der Waals surface area contributed by atoms with Crippen molar-refractivity contribution in [2.24, 2.45) is 0 Å². The van der Waals surface area contributed by atoms with E-state index >= 15 is 0 Å². The molecule has 2 aromatic rings. The molecule has 1 aromatic carbocycles. The van der Waals surface area contributed by atoms with Crippen LogP contribution in [-0.2, 0) is 0 Å². The number of benzene rings is 1. The number of aromatic nitrogens is 1. The van der Waals surface area contributed by atoms with Crippen LogP contribution in [0.1, 0.15) is 26.7 Å². The third kappa shape index (κ3) is 3.25. The molecule has 0 saturated carbocycles. The van der Waals surface area contributed by atoms with Crippen LogP contribution >= 0.6 is 15.9 Å². The van der Waals surface area contributed by atoms with Crippen LogP contribution in [-0.4, -0.2) is 22.2 Å². The number of rotatable bonds is 5. The summed E-state index contributed by atoms with van der Waals surface area (Å²) in [5.41, 5.74) is 1.24. The third-order valence-electron chi connectivity index (χ3n) is 3.60. The van der Waals surface area contributed by atoms with E-state index in [1.807, 2.05) is 38.1 Å². The number of aliphatic hydroxyl groups is 1. The molecule has 1 aromatic heterocycles. The molecule has 3 nitrogen and oxygen atoms in total. The SMILES string of the molecule is CCC(O)(CC)CNc1cccc2cc(Br)cnc12. The minimum Gasteiger partial charge on any atom is -0.388 e. The van der Waals surface area contributed by atoms with Crippen LogP contribution in [0.15, 0.2) is 34.9 Å². The van der Waals surface area contributed by atoms with Gasteiger partial charge in [-0.25, -0.2) is 0 Å². The summed E-state index contributed by atoms with van der Waals surface area (Å²) in [6, 6.07) is 8.06. The molecule has 0 radical (unpaired) electrons. The van der Waals surface area contributed by atoms with Gasteiger partial charge in [-0.1, -0.05) is 26.0 Å². The summed E-state index contributed by atoms with van der Waals surface area (Å²) in [5.74, 6) is 0. The minimum atomic E-state index is -0.655. The lowest BCUT2D eigenvalue weighted by atomic mass is 9.97. The Kier molecular flexibility index (Phi) is 4.42. The first kappa shape index (κ1) is 14.3. The molecule has 2 N–H and O–H groups in total. The number of anilines is 1. The molecule has 102 valence electrons. The van der Waals surface area contributed by atoms with Gasteiger partial charge in [0.15, 0.2) is 0 Å². The van der Waals surface area contributed by atoms with Crippen LogP contribution in [0.5, 0.6) is 0 Å². The molecule has 0 amide bonds. The Labute approximate surface area is 122 Å². The van der Waals surface area contributed by atoms with Crippen LogP contribution in [0.2, 0.25) is 0 Å². The molecule has 0 saturated heterocycles. The van der Waals surface area contributed by atoms with Crippen LogP contribution in [0.3, 0.4) is 0 Å². The van der Waals surface area contributed by atoms with Gasteiger partial charge in [-0.2, -0.15) is 0 Å². The van der Waals surface area contributed by atoms with E-state index in [1.165, 1.54) is 0 Å². The zero-order valence-corrected chi connectivity index (χ0v) is 12.9. The second kappa shape index (κ2) is 5.88. The van der Waals surface area contributed by atoms with Gasteiger partial charge in [0.1, 0.15) is 0 Å². The lowest BCUT2D eigenvalue weighted by molar-refractivity contribution is 0.0457. The molecule has 19 heavy (non-hydrogen) atoms. The largest absolute Gasteiger partial charge is 0.388 e. The fraction of sp³-hybridized carbons (Fsp3) is 0.400. The predicted octanol–water partition coefficient (Wildman–Crippen LogP) is 3.96. The topological polar surface area (TPSA) is 45.1 Å². The Morgan fingerprint density at radius 2 is 2.05 bits per heavy atom. The molecule has 0 unspecified atom stereocenters. The first-order valence-electron chi connectivity index (χ1n) is 6.58. The monoisotopic (exact) mass is 322 g/mol. The zero-order valence-electron chi connectivity index (χ0n) is 11.3. The number of halogens is 1. The van der Waals surface area contributed by atoms with Crippen molar-refractivity contribution in [3.63, 3.8) is 0 Å². The highest BCUT2D eigenvalue weighted by Gasteiger charge is 2.21. The van der Waals surface area contributed by atoms with E-state index in [-0.39, 0.29) is 0 Å². The molecule has 0 aliphatic carbocycles. The highest BCUT2D eigenvalue weighted by atomic mass is 79.9. The summed E-state index contributed by atoms with van der Waals surface area (Å²) in [7, 11) is 0.